The summed E-state index contributed by atoms with van der Waals surface area (Å²) in [6, 6.07) is 13.6. The van der Waals surface area contributed by atoms with Gasteiger partial charge in [0.2, 0.25) is 0 Å². The molecule has 0 fully saturated rings. The van der Waals surface area contributed by atoms with Crippen molar-refractivity contribution in [3.8, 4) is 17.2 Å². The summed E-state index contributed by atoms with van der Waals surface area (Å²) in [6.45, 7) is 1.16. The van der Waals surface area contributed by atoms with Crippen molar-refractivity contribution in [1.82, 2.24) is 15.1 Å². The normalized spacial score (nSPS) is 10.8. The molecule has 0 spiro atoms. The minimum atomic E-state index is -2.94. The summed E-state index contributed by atoms with van der Waals surface area (Å²) in [5.41, 5.74) is 3.99. The summed E-state index contributed by atoms with van der Waals surface area (Å²) in [4.78, 5) is 12.4. The van der Waals surface area contributed by atoms with E-state index in [2.05, 4.69) is 15.2 Å². The number of hydrogen-bond donors (Lipinski definition) is 1. The monoisotopic (exact) mass is 401 g/mol. The van der Waals surface area contributed by atoms with Crippen LogP contribution >= 0.6 is 0 Å². The molecule has 1 heterocycles. The number of ether oxygens (including phenoxy) is 2. The number of benzene rings is 2. The zero-order valence-corrected chi connectivity index (χ0v) is 16.3. The average molecular weight is 401 g/mol. The number of halogens is 2. The highest BCUT2D eigenvalue weighted by molar-refractivity contribution is 5.94. The molecular formula is C21H21F2N3O3. The maximum atomic E-state index is 12.4. The number of carbonyl (C=O) groups is 1. The number of hydrogen-bond acceptors (Lipinski definition) is 4. The fourth-order valence-electron chi connectivity index (χ4n) is 2.94. The largest absolute Gasteiger partial charge is 0.493 e. The van der Waals surface area contributed by atoms with E-state index in [4.69, 9.17) is 4.74 Å². The molecule has 0 aliphatic heterocycles. The van der Waals surface area contributed by atoms with Gasteiger partial charge in [0, 0.05) is 17.8 Å². The first-order valence-corrected chi connectivity index (χ1v) is 8.91. The van der Waals surface area contributed by atoms with E-state index in [1.54, 1.807) is 24.3 Å². The highest BCUT2D eigenvalue weighted by Crippen LogP contribution is 2.29. The lowest BCUT2D eigenvalue weighted by Crippen LogP contribution is -2.22. The van der Waals surface area contributed by atoms with E-state index in [-0.39, 0.29) is 24.0 Å². The van der Waals surface area contributed by atoms with Crippen molar-refractivity contribution in [3.63, 3.8) is 0 Å². The molecule has 0 aliphatic rings. The van der Waals surface area contributed by atoms with Crippen molar-refractivity contribution in [2.24, 2.45) is 0 Å². The van der Waals surface area contributed by atoms with E-state index < -0.39 is 6.61 Å². The Bertz CT molecular complexity index is 1000. The second-order valence-electron chi connectivity index (χ2n) is 6.43. The van der Waals surface area contributed by atoms with Gasteiger partial charge < -0.3 is 14.8 Å². The standard InChI is InChI=1S/C21H21F2N3O3/c1-13-10-14(2)26(25-13)17-7-5-16(6-8-17)20(27)24-12-15-4-9-18(29-21(22)23)19(11-15)28-3/h4-11,21H,12H2,1-3H3,(H,24,27). The SMILES string of the molecule is COc1cc(CNC(=O)c2ccc(-n3nc(C)cc3C)cc2)ccc1OC(F)F. The number of amides is 1. The van der Waals surface area contributed by atoms with Crippen LogP contribution in [0.2, 0.25) is 0 Å². The first kappa shape index (κ1) is 20.3. The van der Waals surface area contributed by atoms with E-state index in [0.29, 0.717) is 11.1 Å². The maximum Gasteiger partial charge on any atom is 0.387 e. The molecule has 0 bridgehead atoms. The summed E-state index contributed by atoms with van der Waals surface area (Å²) in [7, 11) is 1.36. The molecule has 1 N–H and O–H groups in total. The summed E-state index contributed by atoms with van der Waals surface area (Å²) in [5, 5.41) is 7.21. The highest BCUT2D eigenvalue weighted by atomic mass is 19.3. The van der Waals surface area contributed by atoms with Crippen molar-refractivity contribution in [3.05, 3.63) is 71.0 Å². The van der Waals surface area contributed by atoms with Gasteiger partial charge >= 0.3 is 6.61 Å². The van der Waals surface area contributed by atoms with Crippen LogP contribution in [-0.4, -0.2) is 29.4 Å². The molecule has 3 aromatic rings. The number of rotatable bonds is 7. The van der Waals surface area contributed by atoms with Crippen molar-refractivity contribution < 1.29 is 23.0 Å². The van der Waals surface area contributed by atoms with Crippen LogP contribution in [0.25, 0.3) is 5.69 Å². The summed E-state index contributed by atoms with van der Waals surface area (Å²) >= 11 is 0. The Morgan fingerprint density at radius 1 is 1.10 bits per heavy atom. The van der Waals surface area contributed by atoms with Crippen molar-refractivity contribution in [2.45, 2.75) is 27.0 Å². The Balaban J connectivity index is 1.65. The van der Waals surface area contributed by atoms with Crippen molar-refractivity contribution >= 4 is 5.91 Å². The van der Waals surface area contributed by atoms with Gasteiger partial charge in [-0.3, -0.25) is 4.79 Å². The third-order valence-corrected chi connectivity index (χ3v) is 4.28. The zero-order valence-electron chi connectivity index (χ0n) is 16.3. The van der Waals surface area contributed by atoms with Crippen LogP contribution in [0.4, 0.5) is 8.78 Å². The molecule has 0 unspecified atom stereocenters. The molecule has 0 aliphatic carbocycles. The van der Waals surface area contributed by atoms with Gasteiger partial charge in [0.1, 0.15) is 0 Å². The first-order chi connectivity index (χ1) is 13.9. The molecule has 2 aromatic carbocycles. The number of methoxy groups -OCH3 is 1. The lowest BCUT2D eigenvalue weighted by atomic mass is 10.1. The van der Waals surface area contributed by atoms with E-state index in [1.807, 2.05) is 36.7 Å². The molecule has 1 amide bonds. The quantitative estimate of drug-likeness (QED) is 0.649. The zero-order chi connectivity index (χ0) is 21.0. The minimum Gasteiger partial charge on any atom is -0.493 e. The van der Waals surface area contributed by atoms with Gasteiger partial charge in [-0.15, -0.1) is 0 Å². The molecule has 8 heteroatoms. The smallest absolute Gasteiger partial charge is 0.387 e. The predicted molar refractivity (Wildman–Crippen MR) is 104 cm³/mol. The van der Waals surface area contributed by atoms with Crippen LogP contribution in [0, 0.1) is 13.8 Å². The summed E-state index contributed by atoms with van der Waals surface area (Å²) in [6.07, 6.45) is 0. The molecule has 152 valence electrons. The average Bonchev–Trinajstić information content (AvgIpc) is 3.04. The van der Waals surface area contributed by atoms with Gasteiger partial charge in [-0.25, -0.2) is 4.68 Å². The van der Waals surface area contributed by atoms with E-state index in [0.717, 1.165) is 17.1 Å². The predicted octanol–water partition coefficient (Wildman–Crippen LogP) is 4.03. The lowest BCUT2D eigenvalue weighted by molar-refractivity contribution is -0.0512. The molecule has 3 rings (SSSR count). The third-order valence-electron chi connectivity index (χ3n) is 4.28. The third kappa shape index (κ3) is 4.90. The molecule has 0 saturated heterocycles. The number of aromatic nitrogens is 2. The minimum absolute atomic E-state index is 0.0580. The van der Waals surface area contributed by atoms with Crippen LogP contribution in [-0.2, 0) is 6.54 Å². The second kappa shape index (κ2) is 8.72. The van der Waals surface area contributed by atoms with Gasteiger partial charge in [-0.05, 0) is 61.9 Å². The fourth-order valence-corrected chi connectivity index (χ4v) is 2.94. The summed E-state index contributed by atoms with van der Waals surface area (Å²) in [5.74, 6) is -0.139. The van der Waals surface area contributed by atoms with Gasteiger partial charge in [-0.1, -0.05) is 6.07 Å². The number of alkyl halides is 2. The van der Waals surface area contributed by atoms with Crippen molar-refractivity contribution in [1.29, 1.82) is 0 Å². The van der Waals surface area contributed by atoms with Crippen LogP contribution in [0.5, 0.6) is 11.5 Å². The summed E-state index contributed by atoms with van der Waals surface area (Å²) < 4.78 is 36.1. The molecule has 1 aromatic heterocycles. The lowest BCUT2D eigenvalue weighted by Gasteiger charge is -2.12. The van der Waals surface area contributed by atoms with Crippen molar-refractivity contribution in [2.75, 3.05) is 7.11 Å². The second-order valence-corrected chi connectivity index (χ2v) is 6.43. The Labute approximate surface area is 167 Å². The molecule has 6 nitrogen and oxygen atoms in total. The molecule has 0 saturated carbocycles. The molecular weight excluding hydrogens is 380 g/mol. The fraction of sp³-hybridized carbons (Fsp3) is 0.238. The maximum absolute atomic E-state index is 12.4. The molecule has 0 atom stereocenters. The van der Waals surface area contributed by atoms with Gasteiger partial charge in [0.25, 0.3) is 5.91 Å². The molecule has 29 heavy (non-hydrogen) atoms. The molecule has 0 radical (unpaired) electrons. The van der Waals surface area contributed by atoms with Crippen LogP contribution in [0.3, 0.4) is 0 Å². The number of aryl methyl sites for hydroxylation is 2. The van der Waals surface area contributed by atoms with Gasteiger partial charge in [0.05, 0.1) is 18.5 Å². The van der Waals surface area contributed by atoms with Gasteiger partial charge in [0.15, 0.2) is 11.5 Å². The van der Waals surface area contributed by atoms with Crippen LogP contribution in [0.1, 0.15) is 27.3 Å². The Morgan fingerprint density at radius 2 is 1.83 bits per heavy atom. The Hall–Kier alpha value is -3.42. The number of nitrogens with one attached hydrogen (secondary N) is 1. The Morgan fingerprint density at radius 3 is 2.41 bits per heavy atom. The Kier molecular flexibility index (Phi) is 6.11. The topological polar surface area (TPSA) is 65.4 Å². The highest BCUT2D eigenvalue weighted by Gasteiger charge is 2.12. The van der Waals surface area contributed by atoms with E-state index >= 15 is 0 Å². The van der Waals surface area contributed by atoms with E-state index in [1.165, 1.54) is 13.2 Å². The van der Waals surface area contributed by atoms with E-state index in [9.17, 15) is 13.6 Å². The first-order valence-electron chi connectivity index (χ1n) is 8.91. The number of carbonyl (C=O) groups excluding carboxylic acids is 1. The van der Waals surface area contributed by atoms with Gasteiger partial charge in [-0.2, -0.15) is 13.9 Å². The van der Waals surface area contributed by atoms with Crippen LogP contribution < -0.4 is 14.8 Å². The number of nitrogens with zero attached hydrogens (tertiary/aromatic N) is 2. The van der Waals surface area contributed by atoms with Crippen LogP contribution in [0.15, 0.2) is 48.5 Å².